The standard InChI is InChI=1S/C22H16ClFN2O3/c23-15-10-13(24)7-6-12(15)11-25-16-8-9-17(27)20(25)19-18(16)21(28)26(22(19)29)14-4-2-1-3-5-14/h1-10,16,18-20H,11H2/t16-,18-,19-,20+/m0/s1. The highest BCUT2D eigenvalue weighted by Gasteiger charge is 2.64. The Balaban J connectivity index is 1.52. The second-order valence-corrected chi connectivity index (χ2v) is 7.91. The van der Waals surface area contributed by atoms with E-state index in [0.29, 0.717) is 11.3 Å². The molecular weight excluding hydrogens is 395 g/mol. The highest BCUT2D eigenvalue weighted by atomic mass is 35.5. The molecule has 0 spiro atoms. The van der Waals surface area contributed by atoms with Crippen LogP contribution in [0.15, 0.2) is 60.7 Å². The fourth-order valence-electron chi connectivity index (χ4n) is 4.75. The lowest BCUT2D eigenvalue weighted by Crippen LogP contribution is -2.48. The Morgan fingerprint density at radius 3 is 2.41 bits per heavy atom. The fraction of sp³-hybridized carbons (Fsp3) is 0.227. The Morgan fingerprint density at radius 1 is 0.966 bits per heavy atom. The quantitative estimate of drug-likeness (QED) is 0.730. The van der Waals surface area contributed by atoms with Gasteiger partial charge in [0.15, 0.2) is 5.78 Å². The summed E-state index contributed by atoms with van der Waals surface area (Å²) < 4.78 is 13.4. The van der Waals surface area contributed by atoms with E-state index in [1.54, 1.807) is 36.4 Å². The number of para-hydroxylation sites is 1. The molecule has 0 saturated carbocycles. The number of hydrogen-bond acceptors (Lipinski definition) is 4. The predicted octanol–water partition coefficient (Wildman–Crippen LogP) is 2.98. The van der Waals surface area contributed by atoms with Gasteiger partial charge >= 0.3 is 0 Å². The first kappa shape index (κ1) is 18.2. The Bertz CT molecular complexity index is 1070. The minimum absolute atomic E-state index is 0.206. The lowest BCUT2D eigenvalue weighted by molar-refractivity contribution is -0.129. The second-order valence-electron chi connectivity index (χ2n) is 7.50. The van der Waals surface area contributed by atoms with Crippen LogP contribution in [0.1, 0.15) is 5.56 Å². The maximum absolute atomic E-state index is 13.4. The number of anilines is 1. The molecule has 7 heteroatoms. The van der Waals surface area contributed by atoms with Gasteiger partial charge in [0.25, 0.3) is 0 Å². The summed E-state index contributed by atoms with van der Waals surface area (Å²) in [6.07, 6.45) is 3.16. The molecule has 5 nitrogen and oxygen atoms in total. The number of amides is 2. The smallest absolute Gasteiger partial charge is 0.239 e. The molecule has 2 amide bonds. The van der Waals surface area contributed by atoms with Crippen molar-refractivity contribution in [3.63, 3.8) is 0 Å². The number of halogens is 2. The zero-order chi connectivity index (χ0) is 20.3. The number of rotatable bonds is 3. The van der Waals surface area contributed by atoms with Crippen LogP contribution in [0.5, 0.6) is 0 Å². The first-order valence-corrected chi connectivity index (χ1v) is 9.70. The maximum Gasteiger partial charge on any atom is 0.239 e. The van der Waals surface area contributed by atoms with Crippen molar-refractivity contribution >= 4 is 34.9 Å². The molecule has 0 N–H and O–H groups in total. The van der Waals surface area contributed by atoms with Crippen LogP contribution in [-0.4, -0.2) is 34.6 Å². The summed E-state index contributed by atoms with van der Waals surface area (Å²) in [5, 5.41) is 0.250. The van der Waals surface area contributed by atoms with Crippen LogP contribution < -0.4 is 4.90 Å². The molecule has 5 rings (SSSR count). The molecule has 146 valence electrons. The SMILES string of the molecule is O=C1C=C[C@H]2[C@@H]3C(=O)N(c4ccccc4)C(=O)[C@@H]3[C@@H]1N2Cc1ccc(F)cc1Cl. The number of imide groups is 1. The third kappa shape index (κ3) is 2.67. The molecule has 2 aromatic carbocycles. The van der Waals surface area contributed by atoms with Crippen LogP contribution >= 0.6 is 11.6 Å². The average Bonchev–Trinajstić information content (AvgIpc) is 3.09. The highest BCUT2D eigenvalue weighted by Crippen LogP contribution is 2.47. The molecule has 2 fully saturated rings. The third-order valence-electron chi connectivity index (χ3n) is 5.98. The summed E-state index contributed by atoms with van der Waals surface area (Å²) in [6.45, 7) is 0.253. The van der Waals surface area contributed by atoms with E-state index in [9.17, 15) is 18.8 Å². The molecule has 0 aromatic heterocycles. The minimum Gasteiger partial charge on any atom is -0.293 e. The third-order valence-corrected chi connectivity index (χ3v) is 6.33. The Hall–Kier alpha value is -2.83. The van der Waals surface area contributed by atoms with Crippen molar-refractivity contribution in [1.29, 1.82) is 0 Å². The average molecular weight is 411 g/mol. The van der Waals surface area contributed by atoms with Crippen molar-refractivity contribution in [2.24, 2.45) is 11.8 Å². The van der Waals surface area contributed by atoms with Crippen molar-refractivity contribution in [3.8, 4) is 0 Å². The number of ketones is 1. The summed E-state index contributed by atoms with van der Waals surface area (Å²) in [5.41, 5.74) is 1.16. The van der Waals surface area contributed by atoms with Crippen LogP contribution in [-0.2, 0) is 20.9 Å². The first-order valence-electron chi connectivity index (χ1n) is 9.32. The summed E-state index contributed by atoms with van der Waals surface area (Å²) in [5.74, 6) is -2.68. The summed E-state index contributed by atoms with van der Waals surface area (Å²) >= 11 is 6.17. The normalized spacial score (nSPS) is 28.3. The van der Waals surface area contributed by atoms with Gasteiger partial charge in [0.05, 0.1) is 23.6 Å². The number of carbonyl (C=O) groups excluding carboxylic acids is 3. The summed E-state index contributed by atoms with van der Waals surface area (Å²) in [7, 11) is 0. The molecule has 0 aliphatic carbocycles. The van der Waals surface area contributed by atoms with Crippen molar-refractivity contribution in [2.75, 3.05) is 4.90 Å². The van der Waals surface area contributed by atoms with Crippen LogP contribution in [0.25, 0.3) is 0 Å². The van der Waals surface area contributed by atoms with Crippen LogP contribution in [0.2, 0.25) is 5.02 Å². The van der Waals surface area contributed by atoms with Gasteiger partial charge in [-0.3, -0.25) is 19.3 Å². The van der Waals surface area contributed by atoms with Crippen LogP contribution in [0.3, 0.4) is 0 Å². The zero-order valence-corrected chi connectivity index (χ0v) is 15.9. The molecule has 2 aromatic rings. The van der Waals surface area contributed by atoms with Crippen molar-refractivity contribution in [3.05, 3.63) is 77.1 Å². The molecule has 4 atom stereocenters. The molecule has 2 saturated heterocycles. The van der Waals surface area contributed by atoms with Gasteiger partial charge in [-0.2, -0.15) is 0 Å². The van der Waals surface area contributed by atoms with Gasteiger partial charge < -0.3 is 0 Å². The van der Waals surface area contributed by atoms with Crippen molar-refractivity contribution in [1.82, 2.24) is 4.90 Å². The van der Waals surface area contributed by atoms with E-state index in [-0.39, 0.29) is 29.2 Å². The molecule has 29 heavy (non-hydrogen) atoms. The van der Waals surface area contributed by atoms with E-state index in [0.717, 1.165) is 0 Å². The largest absolute Gasteiger partial charge is 0.293 e. The Morgan fingerprint density at radius 2 is 1.69 bits per heavy atom. The van der Waals surface area contributed by atoms with Gasteiger partial charge in [0, 0.05) is 17.6 Å². The van der Waals surface area contributed by atoms with Gasteiger partial charge in [0.1, 0.15) is 5.82 Å². The topological polar surface area (TPSA) is 57.7 Å². The van der Waals surface area contributed by atoms with Crippen molar-refractivity contribution in [2.45, 2.75) is 18.6 Å². The van der Waals surface area contributed by atoms with E-state index >= 15 is 0 Å². The van der Waals surface area contributed by atoms with Gasteiger partial charge in [-0.1, -0.05) is 41.9 Å². The summed E-state index contributed by atoms with van der Waals surface area (Å²) in [4.78, 5) is 42.2. The number of benzene rings is 2. The summed E-state index contributed by atoms with van der Waals surface area (Å²) in [6, 6.07) is 11.7. The monoisotopic (exact) mass is 410 g/mol. The van der Waals surface area contributed by atoms with E-state index in [2.05, 4.69) is 0 Å². The Kier molecular flexibility index (Phi) is 4.15. The van der Waals surface area contributed by atoms with E-state index in [4.69, 9.17) is 11.6 Å². The predicted molar refractivity (Wildman–Crippen MR) is 105 cm³/mol. The number of hydrogen-bond donors (Lipinski definition) is 0. The Labute approximate surface area is 171 Å². The lowest BCUT2D eigenvalue weighted by Gasteiger charge is -2.33. The molecule has 0 radical (unpaired) electrons. The van der Waals surface area contributed by atoms with E-state index < -0.39 is 29.7 Å². The zero-order valence-electron chi connectivity index (χ0n) is 15.2. The number of carbonyl (C=O) groups is 3. The molecule has 3 heterocycles. The van der Waals surface area contributed by atoms with E-state index in [1.807, 2.05) is 11.0 Å². The number of fused-ring (bicyclic) bond motifs is 5. The van der Waals surface area contributed by atoms with Gasteiger partial charge in [-0.05, 0) is 35.9 Å². The van der Waals surface area contributed by atoms with Gasteiger partial charge in [-0.25, -0.2) is 9.29 Å². The van der Waals surface area contributed by atoms with Crippen molar-refractivity contribution < 1.29 is 18.8 Å². The molecular formula is C22H16ClFN2O3. The first-order chi connectivity index (χ1) is 14.0. The molecule has 3 aliphatic heterocycles. The van der Waals surface area contributed by atoms with Gasteiger partial charge in [0.2, 0.25) is 11.8 Å². The minimum atomic E-state index is -0.741. The second kappa shape index (κ2) is 6.61. The lowest BCUT2D eigenvalue weighted by atomic mass is 9.90. The maximum atomic E-state index is 13.4. The highest BCUT2D eigenvalue weighted by molar-refractivity contribution is 6.31. The van der Waals surface area contributed by atoms with E-state index in [1.165, 1.54) is 23.1 Å². The molecule has 3 aliphatic rings. The fourth-order valence-corrected chi connectivity index (χ4v) is 4.97. The van der Waals surface area contributed by atoms with Crippen LogP contribution in [0, 0.1) is 17.7 Å². The molecule has 0 unspecified atom stereocenters. The van der Waals surface area contributed by atoms with Crippen LogP contribution in [0.4, 0.5) is 10.1 Å². The molecule has 2 bridgehead atoms. The van der Waals surface area contributed by atoms with Gasteiger partial charge in [-0.15, -0.1) is 0 Å². The number of nitrogens with zero attached hydrogens (tertiary/aromatic N) is 2.